The third kappa shape index (κ3) is 5.40. The van der Waals surface area contributed by atoms with Gasteiger partial charge in [-0.15, -0.1) is 0 Å². The summed E-state index contributed by atoms with van der Waals surface area (Å²) in [5, 5.41) is 0. The van der Waals surface area contributed by atoms with E-state index in [2.05, 4.69) is 0 Å². The van der Waals surface area contributed by atoms with Crippen molar-refractivity contribution < 1.29 is 13.7 Å². The fraction of sp³-hybridized carbons (Fsp3) is 0.462. The lowest BCUT2D eigenvalue weighted by molar-refractivity contribution is -0.115. The summed E-state index contributed by atoms with van der Waals surface area (Å²) in [7, 11) is 2.12. The highest BCUT2D eigenvalue weighted by Crippen LogP contribution is 2.15. The SMILES string of the molecule is COCCCS(=O)CC(=O)N(C)c1ccc(N)cc1. The Hall–Kier alpha value is -1.40. The molecular weight excluding hydrogens is 264 g/mol. The lowest BCUT2D eigenvalue weighted by Gasteiger charge is -2.17. The van der Waals surface area contributed by atoms with E-state index >= 15 is 0 Å². The van der Waals surface area contributed by atoms with Gasteiger partial charge >= 0.3 is 0 Å². The number of ether oxygens (including phenoxy) is 1. The van der Waals surface area contributed by atoms with Crippen molar-refractivity contribution in [1.29, 1.82) is 0 Å². The average molecular weight is 284 g/mol. The van der Waals surface area contributed by atoms with Gasteiger partial charge in [0.2, 0.25) is 5.91 Å². The molecule has 0 aliphatic rings. The molecule has 0 spiro atoms. The van der Waals surface area contributed by atoms with Crippen LogP contribution in [0.2, 0.25) is 0 Å². The number of amides is 1. The molecule has 1 aromatic rings. The molecule has 1 amide bonds. The molecule has 2 N–H and O–H groups in total. The van der Waals surface area contributed by atoms with Crippen molar-refractivity contribution in [3.05, 3.63) is 24.3 Å². The monoisotopic (exact) mass is 284 g/mol. The number of carbonyl (C=O) groups is 1. The van der Waals surface area contributed by atoms with Crippen molar-refractivity contribution in [3.63, 3.8) is 0 Å². The molecule has 5 nitrogen and oxygen atoms in total. The van der Waals surface area contributed by atoms with Gasteiger partial charge in [-0.3, -0.25) is 9.00 Å². The number of anilines is 2. The highest BCUT2D eigenvalue weighted by molar-refractivity contribution is 7.85. The van der Waals surface area contributed by atoms with Crippen LogP contribution >= 0.6 is 0 Å². The maximum Gasteiger partial charge on any atom is 0.239 e. The standard InChI is InChI=1S/C13H20N2O3S/c1-15(12-6-4-11(14)5-7-12)13(16)10-19(17)9-3-8-18-2/h4-7H,3,8-10,14H2,1-2H3. The summed E-state index contributed by atoms with van der Waals surface area (Å²) in [5.74, 6) is 0.347. The first-order valence-corrected chi connectivity index (χ1v) is 7.49. The molecule has 0 fully saturated rings. The number of hydrogen-bond acceptors (Lipinski definition) is 4. The first-order chi connectivity index (χ1) is 9.04. The lowest BCUT2D eigenvalue weighted by atomic mass is 10.2. The molecule has 0 aliphatic heterocycles. The van der Waals surface area contributed by atoms with Gasteiger partial charge in [-0.05, 0) is 30.7 Å². The fourth-order valence-corrected chi connectivity index (χ4v) is 2.57. The molecule has 0 aliphatic carbocycles. The van der Waals surface area contributed by atoms with Gasteiger partial charge in [-0.25, -0.2) is 0 Å². The van der Waals surface area contributed by atoms with Crippen LogP contribution in [-0.4, -0.2) is 42.4 Å². The molecule has 0 radical (unpaired) electrons. The largest absolute Gasteiger partial charge is 0.399 e. The van der Waals surface area contributed by atoms with Crippen LogP contribution in [0.5, 0.6) is 0 Å². The fourth-order valence-electron chi connectivity index (χ4n) is 1.51. The van der Waals surface area contributed by atoms with Gasteiger partial charge in [0.05, 0.1) is 0 Å². The summed E-state index contributed by atoms with van der Waals surface area (Å²) in [6.07, 6.45) is 0.696. The van der Waals surface area contributed by atoms with E-state index in [0.717, 1.165) is 5.69 Å². The van der Waals surface area contributed by atoms with E-state index in [9.17, 15) is 9.00 Å². The quantitative estimate of drug-likeness (QED) is 0.599. The van der Waals surface area contributed by atoms with E-state index < -0.39 is 10.8 Å². The first kappa shape index (κ1) is 15.7. The van der Waals surface area contributed by atoms with Gasteiger partial charge in [-0.2, -0.15) is 0 Å². The molecule has 0 aromatic heterocycles. The second-order valence-corrected chi connectivity index (χ2v) is 5.76. The Balaban J connectivity index is 2.48. The average Bonchev–Trinajstić information content (AvgIpc) is 2.39. The zero-order valence-corrected chi connectivity index (χ0v) is 12.1. The van der Waals surface area contributed by atoms with Crippen molar-refractivity contribution >= 4 is 28.1 Å². The van der Waals surface area contributed by atoms with Crippen molar-refractivity contribution in [2.45, 2.75) is 6.42 Å². The molecule has 1 rings (SSSR count). The van der Waals surface area contributed by atoms with Gasteiger partial charge in [0.15, 0.2) is 0 Å². The zero-order chi connectivity index (χ0) is 14.3. The molecule has 1 unspecified atom stereocenters. The van der Waals surface area contributed by atoms with Crippen LogP contribution in [0.3, 0.4) is 0 Å². The molecule has 1 atom stereocenters. The smallest absolute Gasteiger partial charge is 0.239 e. The van der Waals surface area contributed by atoms with E-state index in [4.69, 9.17) is 10.5 Å². The second kappa shape index (κ2) is 7.91. The van der Waals surface area contributed by atoms with Crippen LogP contribution in [-0.2, 0) is 20.3 Å². The summed E-state index contributed by atoms with van der Waals surface area (Å²) < 4.78 is 16.6. The van der Waals surface area contributed by atoms with Crippen molar-refractivity contribution in [3.8, 4) is 0 Å². The second-order valence-electron chi connectivity index (χ2n) is 4.18. The van der Waals surface area contributed by atoms with E-state index in [0.29, 0.717) is 24.5 Å². The van der Waals surface area contributed by atoms with Crippen LogP contribution in [0.1, 0.15) is 6.42 Å². The maximum absolute atomic E-state index is 11.9. The minimum atomic E-state index is -1.15. The number of nitrogens with two attached hydrogens (primary N) is 1. The predicted octanol–water partition coefficient (Wildman–Crippen LogP) is 1.02. The van der Waals surface area contributed by atoms with Crippen molar-refractivity contribution in [1.82, 2.24) is 0 Å². The van der Waals surface area contributed by atoms with Crippen LogP contribution < -0.4 is 10.6 Å². The van der Waals surface area contributed by atoms with Crippen molar-refractivity contribution in [2.24, 2.45) is 0 Å². The molecule has 0 bridgehead atoms. The minimum Gasteiger partial charge on any atom is -0.399 e. The third-order valence-electron chi connectivity index (χ3n) is 2.66. The van der Waals surface area contributed by atoms with Gasteiger partial charge in [-0.1, -0.05) is 0 Å². The molecule has 0 heterocycles. The van der Waals surface area contributed by atoms with Gasteiger partial charge < -0.3 is 15.4 Å². The highest BCUT2D eigenvalue weighted by Gasteiger charge is 2.14. The molecule has 106 valence electrons. The Morgan fingerprint density at radius 2 is 2.00 bits per heavy atom. The van der Waals surface area contributed by atoms with Crippen LogP contribution in [0.4, 0.5) is 11.4 Å². The van der Waals surface area contributed by atoms with E-state index in [1.54, 1.807) is 38.4 Å². The van der Waals surface area contributed by atoms with Crippen LogP contribution in [0.15, 0.2) is 24.3 Å². The van der Waals surface area contributed by atoms with Gasteiger partial charge in [0.1, 0.15) is 5.75 Å². The number of nitrogens with zero attached hydrogens (tertiary/aromatic N) is 1. The minimum absolute atomic E-state index is 0.0323. The summed E-state index contributed by atoms with van der Waals surface area (Å²) in [4.78, 5) is 13.4. The van der Waals surface area contributed by atoms with Crippen LogP contribution in [0.25, 0.3) is 0 Å². The molecule has 19 heavy (non-hydrogen) atoms. The van der Waals surface area contributed by atoms with Crippen LogP contribution in [0, 0.1) is 0 Å². The van der Waals surface area contributed by atoms with E-state index in [-0.39, 0.29) is 11.7 Å². The number of carbonyl (C=O) groups excluding carboxylic acids is 1. The summed E-state index contributed by atoms with van der Waals surface area (Å²) in [6.45, 7) is 0.563. The van der Waals surface area contributed by atoms with Crippen molar-refractivity contribution in [2.75, 3.05) is 42.9 Å². The number of hydrogen-bond donors (Lipinski definition) is 1. The first-order valence-electron chi connectivity index (χ1n) is 6.00. The Bertz CT molecular complexity index is 434. The third-order valence-corrected chi connectivity index (χ3v) is 3.97. The number of nitrogen functional groups attached to an aromatic ring is 1. The number of rotatable bonds is 7. The van der Waals surface area contributed by atoms with Gasteiger partial charge in [0.25, 0.3) is 0 Å². The molecular formula is C13H20N2O3S. The van der Waals surface area contributed by atoms with E-state index in [1.807, 2.05) is 0 Å². The maximum atomic E-state index is 11.9. The summed E-state index contributed by atoms with van der Waals surface area (Å²) >= 11 is 0. The highest BCUT2D eigenvalue weighted by atomic mass is 32.2. The Morgan fingerprint density at radius 3 is 2.58 bits per heavy atom. The summed E-state index contributed by atoms with van der Waals surface area (Å²) in [6, 6.07) is 6.99. The molecule has 1 aromatic carbocycles. The topological polar surface area (TPSA) is 72.6 Å². The normalized spacial score (nSPS) is 12.1. The van der Waals surface area contributed by atoms with E-state index in [1.165, 1.54) is 4.90 Å². The van der Waals surface area contributed by atoms with Gasteiger partial charge in [0, 0.05) is 48.7 Å². The molecule has 0 saturated heterocycles. The Morgan fingerprint density at radius 1 is 1.37 bits per heavy atom. The molecule has 6 heteroatoms. The number of methoxy groups -OCH3 is 1. The molecule has 0 saturated carbocycles. The lowest BCUT2D eigenvalue weighted by Crippen LogP contribution is -2.31. The Labute approximate surface area is 116 Å². The zero-order valence-electron chi connectivity index (χ0n) is 11.3. The number of benzene rings is 1. The predicted molar refractivity (Wildman–Crippen MR) is 78.6 cm³/mol. The Kier molecular flexibility index (Phi) is 6.52. The summed E-state index contributed by atoms with van der Waals surface area (Å²) in [5.41, 5.74) is 6.98.